The Morgan fingerprint density at radius 3 is 2.62 bits per heavy atom. The van der Waals surface area contributed by atoms with E-state index in [9.17, 15) is 8.42 Å². The Morgan fingerprint density at radius 1 is 1.48 bits per heavy atom. The quantitative estimate of drug-likeness (QED) is 0.831. The third-order valence-corrected chi connectivity index (χ3v) is 5.77. The van der Waals surface area contributed by atoms with Crippen LogP contribution in [-0.4, -0.2) is 13.4 Å². The van der Waals surface area contributed by atoms with Crippen molar-refractivity contribution in [1.82, 2.24) is 4.98 Å². The number of nitrogens with one attached hydrogen (secondary N) is 1. The maximum absolute atomic E-state index is 12.3. The molecule has 0 bridgehead atoms. The average molecular weight is 394 g/mol. The Kier molecular flexibility index (Phi) is 4.48. The second-order valence-corrected chi connectivity index (χ2v) is 8.68. The molecule has 0 aliphatic heterocycles. The van der Waals surface area contributed by atoms with Crippen LogP contribution < -0.4 is 10.5 Å². The normalized spacial score (nSPS) is 12.6. The highest BCUT2D eigenvalue weighted by atomic mass is 79.9. The van der Waals surface area contributed by atoms with E-state index < -0.39 is 10.0 Å². The van der Waals surface area contributed by atoms with Gasteiger partial charge in [-0.3, -0.25) is 4.72 Å². The van der Waals surface area contributed by atoms with Crippen LogP contribution in [0.4, 0.5) is 5.13 Å². The molecule has 6 nitrogen and oxygen atoms in total. The Morgan fingerprint density at radius 2 is 2.14 bits per heavy atom. The van der Waals surface area contributed by atoms with Crippen LogP contribution in [0.25, 0.3) is 0 Å². The van der Waals surface area contributed by atoms with E-state index in [0.29, 0.717) is 10.9 Å². The molecule has 0 amide bonds. The van der Waals surface area contributed by atoms with Crippen molar-refractivity contribution in [2.75, 3.05) is 4.72 Å². The fraction of sp³-hybridized carbons (Fsp3) is 0.417. The molecule has 116 valence electrons. The van der Waals surface area contributed by atoms with E-state index >= 15 is 0 Å². The second-order valence-electron chi connectivity index (χ2n) is 5.45. The molecular formula is C12H16BrN3O3S2. The lowest BCUT2D eigenvalue weighted by molar-refractivity contribution is 0.484. The number of sulfonamides is 1. The fourth-order valence-electron chi connectivity index (χ4n) is 1.52. The van der Waals surface area contributed by atoms with Crippen molar-refractivity contribution < 1.29 is 12.8 Å². The Labute approximate surface area is 135 Å². The minimum absolute atomic E-state index is 0.00968. The van der Waals surface area contributed by atoms with Gasteiger partial charge in [0.2, 0.25) is 0 Å². The van der Waals surface area contributed by atoms with E-state index in [1.54, 1.807) is 0 Å². The lowest BCUT2D eigenvalue weighted by Crippen LogP contribution is -2.14. The molecule has 3 N–H and O–H groups in total. The first-order chi connectivity index (χ1) is 9.63. The molecule has 0 atom stereocenters. The highest BCUT2D eigenvalue weighted by Gasteiger charge is 2.24. The summed E-state index contributed by atoms with van der Waals surface area (Å²) in [5, 5.41) is 2.16. The monoisotopic (exact) mass is 393 g/mol. The minimum atomic E-state index is -3.76. The van der Waals surface area contributed by atoms with E-state index in [0.717, 1.165) is 5.69 Å². The van der Waals surface area contributed by atoms with Crippen molar-refractivity contribution in [1.29, 1.82) is 0 Å². The van der Waals surface area contributed by atoms with Gasteiger partial charge >= 0.3 is 0 Å². The SMILES string of the molecule is CC(C)(C)c1csc(NS(=O)(=O)c2cc(CN)oc2Br)n1. The first kappa shape index (κ1) is 16.5. The fourth-order valence-corrected chi connectivity index (χ4v) is 4.71. The topological polar surface area (TPSA) is 98.2 Å². The summed E-state index contributed by atoms with van der Waals surface area (Å²) < 4.78 is 32.5. The summed E-state index contributed by atoms with van der Waals surface area (Å²) in [6, 6.07) is 1.39. The number of nitrogens with zero attached hydrogens (tertiary/aromatic N) is 1. The summed E-state index contributed by atoms with van der Waals surface area (Å²) in [7, 11) is -3.76. The summed E-state index contributed by atoms with van der Waals surface area (Å²) in [5.74, 6) is 0.386. The van der Waals surface area contributed by atoms with Gasteiger partial charge in [0.15, 0.2) is 9.80 Å². The van der Waals surface area contributed by atoms with E-state index in [2.05, 4.69) is 25.6 Å². The van der Waals surface area contributed by atoms with Crippen LogP contribution in [0.2, 0.25) is 0 Å². The molecule has 2 aromatic heterocycles. The van der Waals surface area contributed by atoms with Crippen LogP contribution in [0.3, 0.4) is 0 Å². The zero-order chi connectivity index (χ0) is 15.8. The zero-order valence-corrected chi connectivity index (χ0v) is 15.0. The molecule has 0 saturated heterocycles. The van der Waals surface area contributed by atoms with E-state index in [4.69, 9.17) is 10.2 Å². The van der Waals surface area contributed by atoms with Gasteiger partial charge in [-0.25, -0.2) is 13.4 Å². The molecule has 9 heteroatoms. The van der Waals surface area contributed by atoms with Crippen molar-refractivity contribution in [3.8, 4) is 0 Å². The van der Waals surface area contributed by atoms with Crippen LogP contribution in [-0.2, 0) is 22.0 Å². The van der Waals surface area contributed by atoms with Gasteiger partial charge < -0.3 is 10.2 Å². The number of halogens is 1. The molecule has 21 heavy (non-hydrogen) atoms. The lowest BCUT2D eigenvalue weighted by Gasteiger charge is -2.14. The Hall–Kier alpha value is -0.900. The van der Waals surface area contributed by atoms with Gasteiger partial charge in [-0.2, -0.15) is 0 Å². The predicted octanol–water partition coefficient (Wildman–Crippen LogP) is 3.06. The summed E-state index contributed by atoms with van der Waals surface area (Å²) >= 11 is 4.33. The Bertz CT molecular complexity index is 744. The maximum atomic E-state index is 12.3. The van der Waals surface area contributed by atoms with Crippen molar-refractivity contribution in [2.45, 2.75) is 37.6 Å². The van der Waals surface area contributed by atoms with Crippen LogP contribution in [0.1, 0.15) is 32.2 Å². The first-order valence-electron chi connectivity index (χ1n) is 6.10. The number of anilines is 1. The second kappa shape index (κ2) is 5.71. The smallest absolute Gasteiger partial charge is 0.268 e. The zero-order valence-electron chi connectivity index (χ0n) is 11.8. The lowest BCUT2D eigenvalue weighted by atomic mass is 9.93. The number of aromatic nitrogens is 1. The van der Waals surface area contributed by atoms with Gasteiger partial charge in [0.1, 0.15) is 10.7 Å². The molecule has 2 aromatic rings. The van der Waals surface area contributed by atoms with E-state index in [1.807, 2.05) is 26.2 Å². The van der Waals surface area contributed by atoms with Crippen molar-refractivity contribution in [3.05, 3.63) is 27.6 Å². The first-order valence-corrected chi connectivity index (χ1v) is 9.26. The van der Waals surface area contributed by atoms with Gasteiger partial charge in [0, 0.05) is 16.9 Å². The number of furan rings is 1. The van der Waals surface area contributed by atoms with Gasteiger partial charge in [-0.05, 0) is 15.9 Å². The molecule has 0 saturated carbocycles. The van der Waals surface area contributed by atoms with Gasteiger partial charge in [-0.15, -0.1) is 11.3 Å². The predicted molar refractivity (Wildman–Crippen MR) is 85.9 cm³/mol. The Balaban J connectivity index is 2.29. The van der Waals surface area contributed by atoms with Crippen LogP contribution >= 0.6 is 27.3 Å². The van der Waals surface area contributed by atoms with Crippen molar-refractivity contribution >= 4 is 42.4 Å². The third kappa shape index (κ3) is 3.65. The summed E-state index contributed by atoms with van der Waals surface area (Å²) in [4.78, 5) is 4.32. The third-order valence-electron chi connectivity index (χ3n) is 2.69. The molecule has 0 unspecified atom stereocenters. The van der Waals surface area contributed by atoms with Crippen LogP contribution in [0, 0.1) is 0 Å². The summed E-state index contributed by atoms with van der Waals surface area (Å²) in [5.41, 5.74) is 6.14. The standard InChI is InChI=1S/C12H16BrN3O3S2/c1-12(2,3)9-6-20-11(15-9)16-21(17,18)8-4-7(5-14)19-10(8)13/h4,6H,5,14H2,1-3H3,(H,15,16). The van der Waals surface area contributed by atoms with Gasteiger partial charge in [0.25, 0.3) is 10.0 Å². The number of hydrogen-bond donors (Lipinski definition) is 2. The molecular weight excluding hydrogens is 378 g/mol. The van der Waals surface area contributed by atoms with Crippen molar-refractivity contribution in [2.24, 2.45) is 5.73 Å². The molecule has 0 aliphatic carbocycles. The molecule has 0 fully saturated rings. The minimum Gasteiger partial charge on any atom is -0.452 e. The number of thiazole rings is 1. The number of nitrogens with two attached hydrogens (primary N) is 1. The van der Waals surface area contributed by atoms with Gasteiger partial charge in [-0.1, -0.05) is 20.8 Å². The van der Waals surface area contributed by atoms with Crippen LogP contribution in [0.5, 0.6) is 0 Å². The molecule has 0 spiro atoms. The van der Waals surface area contributed by atoms with Crippen LogP contribution in [0.15, 0.2) is 25.4 Å². The molecule has 2 heterocycles. The summed E-state index contributed by atoms with van der Waals surface area (Å²) in [6.07, 6.45) is 0. The summed E-state index contributed by atoms with van der Waals surface area (Å²) in [6.45, 7) is 6.17. The molecule has 0 radical (unpaired) electrons. The molecule has 0 aromatic carbocycles. The maximum Gasteiger partial charge on any atom is 0.268 e. The van der Waals surface area contributed by atoms with E-state index in [1.165, 1.54) is 17.4 Å². The highest BCUT2D eigenvalue weighted by Crippen LogP contribution is 2.30. The number of hydrogen-bond acceptors (Lipinski definition) is 6. The van der Waals surface area contributed by atoms with Gasteiger partial charge in [0.05, 0.1) is 12.2 Å². The number of rotatable bonds is 4. The molecule has 2 rings (SSSR count). The average Bonchev–Trinajstić information content (AvgIpc) is 2.94. The molecule has 0 aliphatic rings. The largest absolute Gasteiger partial charge is 0.452 e. The van der Waals surface area contributed by atoms with E-state index in [-0.39, 0.29) is 21.5 Å². The highest BCUT2D eigenvalue weighted by molar-refractivity contribution is 9.10. The van der Waals surface area contributed by atoms with Crippen molar-refractivity contribution in [3.63, 3.8) is 0 Å².